The topological polar surface area (TPSA) is 77.3 Å². The van der Waals surface area contributed by atoms with Crippen molar-refractivity contribution in [2.75, 3.05) is 18.5 Å². The molecule has 0 bridgehead atoms. The van der Waals surface area contributed by atoms with E-state index in [0.29, 0.717) is 18.7 Å². The number of pyridine rings is 1. The Hall–Kier alpha value is -2.63. The van der Waals surface area contributed by atoms with Crippen molar-refractivity contribution in [1.29, 1.82) is 0 Å². The molecule has 0 radical (unpaired) electrons. The Kier molecular flexibility index (Phi) is 4.49. The molecule has 2 aromatic rings. The Bertz CT molecular complexity index is 587. The van der Waals surface area contributed by atoms with E-state index in [2.05, 4.69) is 10.3 Å². The molecule has 0 fully saturated rings. The minimum atomic E-state index is -0.428. The van der Waals surface area contributed by atoms with Crippen LogP contribution in [0.1, 0.15) is 5.56 Å². The molecule has 6 nitrogen and oxygen atoms in total. The van der Waals surface area contributed by atoms with E-state index in [1.807, 2.05) is 30.3 Å². The molecule has 0 saturated carbocycles. The smallest absolute Gasteiger partial charge is 0.314 e. The average Bonchev–Trinajstić information content (AvgIpc) is 2.44. The van der Waals surface area contributed by atoms with Crippen molar-refractivity contribution in [3.8, 4) is 5.75 Å². The number of nitro groups is 1. The number of anilines is 1. The normalized spacial score (nSPS) is 10.1. The fourth-order valence-electron chi connectivity index (χ4n) is 1.77. The zero-order valence-corrected chi connectivity index (χ0v) is 11.1. The maximum Gasteiger partial charge on any atom is 0.314 e. The summed E-state index contributed by atoms with van der Waals surface area (Å²) in [5, 5.41) is 13.9. The molecule has 0 aliphatic heterocycles. The van der Waals surface area contributed by atoms with E-state index in [-0.39, 0.29) is 11.5 Å². The molecule has 2 rings (SSSR count). The van der Waals surface area contributed by atoms with Gasteiger partial charge in [-0.25, -0.2) is 4.98 Å². The van der Waals surface area contributed by atoms with Crippen LogP contribution in [-0.4, -0.2) is 23.1 Å². The van der Waals surface area contributed by atoms with Gasteiger partial charge in [0.2, 0.25) is 5.82 Å². The number of nitrogens with one attached hydrogen (secondary N) is 1. The Morgan fingerprint density at radius 3 is 2.75 bits per heavy atom. The first-order valence-corrected chi connectivity index (χ1v) is 6.20. The lowest BCUT2D eigenvalue weighted by atomic mass is 10.2. The van der Waals surface area contributed by atoms with Crippen molar-refractivity contribution in [1.82, 2.24) is 4.98 Å². The van der Waals surface area contributed by atoms with Gasteiger partial charge in [0.1, 0.15) is 12.4 Å². The molecule has 0 spiro atoms. The van der Waals surface area contributed by atoms with Crippen molar-refractivity contribution < 1.29 is 9.66 Å². The van der Waals surface area contributed by atoms with Crippen molar-refractivity contribution in [2.24, 2.45) is 0 Å². The van der Waals surface area contributed by atoms with Crippen LogP contribution in [-0.2, 0) is 0 Å². The lowest BCUT2D eigenvalue weighted by Gasteiger charge is -2.09. The summed E-state index contributed by atoms with van der Waals surface area (Å²) in [6.07, 6.45) is 1.54. The lowest BCUT2D eigenvalue weighted by Crippen LogP contribution is -2.13. The Balaban J connectivity index is 1.92. The zero-order chi connectivity index (χ0) is 14.4. The van der Waals surface area contributed by atoms with E-state index >= 15 is 0 Å². The largest absolute Gasteiger partial charge is 0.492 e. The maximum absolute atomic E-state index is 11.0. The average molecular weight is 273 g/mol. The number of hydrogen-bond donors (Lipinski definition) is 1. The zero-order valence-electron chi connectivity index (χ0n) is 11.1. The van der Waals surface area contributed by atoms with E-state index < -0.39 is 4.92 Å². The van der Waals surface area contributed by atoms with E-state index in [0.717, 1.165) is 5.75 Å². The highest BCUT2D eigenvalue weighted by Crippen LogP contribution is 2.25. The monoisotopic (exact) mass is 273 g/mol. The highest BCUT2D eigenvalue weighted by atomic mass is 16.6. The molecule has 1 aromatic carbocycles. The predicted molar refractivity (Wildman–Crippen MR) is 76.1 cm³/mol. The second-order valence-corrected chi connectivity index (χ2v) is 4.17. The van der Waals surface area contributed by atoms with Gasteiger partial charge < -0.3 is 10.1 Å². The van der Waals surface area contributed by atoms with Gasteiger partial charge in [0, 0.05) is 11.8 Å². The van der Waals surface area contributed by atoms with Crippen LogP contribution in [0.25, 0.3) is 0 Å². The summed E-state index contributed by atoms with van der Waals surface area (Å²) in [4.78, 5) is 14.6. The van der Waals surface area contributed by atoms with Gasteiger partial charge in [-0.2, -0.15) is 0 Å². The fourth-order valence-corrected chi connectivity index (χ4v) is 1.77. The first kappa shape index (κ1) is 13.8. The fraction of sp³-hybridized carbons (Fsp3) is 0.214. The first-order valence-electron chi connectivity index (χ1n) is 6.20. The standard InChI is InChI=1S/C14H15N3O3/c1-11-7-8-15-14(13(11)17(18)19)16-9-10-20-12-5-3-2-4-6-12/h2-8H,9-10H2,1H3,(H,15,16). The molecular weight excluding hydrogens is 258 g/mol. The van der Waals surface area contributed by atoms with Gasteiger partial charge in [-0.15, -0.1) is 0 Å². The molecule has 1 heterocycles. The van der Waals surface area contributed by atoms with Crippen LogP contribution < -0.4 is 10.1 Å². The Morgan fingerprint density at radius 1 is 1.30 bits per heavy atom. The van der Waals surface area contributed by atoms with Crippen LogP contribution in [0.2, 0.25) is 0 Å². The predicted octanol–water partition coefficient (Wildman–Crippen LogP) is 2.79. The molecule has 1 aromatic heterocycles. The quantitative estimate of drug-likeness (QED) is 0.497. The molecule has 1 N–H and O–H groups in total. The minimum Gasteiger partial charge on any atom is -0.492 e. The summed E-state index contributed by atoms with van der Waals surface area (Å²) in [6, 6.07) is 11.0. The molecule has 0 aliphatic rings. The third-order valence-electron chi connectivity index (χ3n) is 2.72. The van der Waals surface area contributed by atoms with Crippen LogP contribution in [0.4, 0.5) is 11.5 Å². The number of rotatable bonds is 6. The molecule has 104 valence electrons. The first-order chi connectivity index (χ1) is 9.68. The van der Waals surface area contributed by atoms with Gasteiger partial charge in [0.15, 0.2) is 0 Å². The Morgan fingerprint density at radius 2 is 2.05 bits per heavy atom. The SMILES string of the molecule is Cc1ccnc(NCCOc2ccccc2)c1[N+](=O)[O-]. The molecule has 0 aliphatic carbocycles. The number of nitrogens with zero attached hydrogens (tertiary/aromatic N) is 2. The second-order valence-electron chi connectivity index (χ2n) is 4.17. The molecule has 0 atom stereocenters. The molecule has 20 heavy (non-hydrogen) atoms. The molecule has 0 unspecified atom stereocenters. The van der Waals surface area contributed by atoms with Gasteiger partial charge >= 0.3 is 5.69 Å². The summed E-state index contributed by atoms with van der Waals surface area (Å²) in [7, 11) is 0. The van der Waals surface area contributed by atoms with Crippen LogP contribution in [0.15, 0.2) is 42.6 Å². The molecular formula is C14H15N3O3. The van der Waals surface area contributed by atoms with Gasteiger partial charge in [0.05, 0.1) is 11.5 Å². The van der Waals surface area contributed by atoms with Crippen molar-refractivity contribution in [3.05, 3.63) is 58.3 Å². The number of aromatic nitrogens is 1. The van der Waals surface area contributed by atoms with Gasteiger partial charge in [-0.05, 0) is 25.1 Å². The third-order valence-corrected chi connectivity index (χ3v) is 2.72. The van der Waals surface area contributed by atoms with Gasteiger partial charge in [-0.3, -0.25) is 10.1 Å². The van der Waals surface area contributed by atoms with Crippen LogP contribution in [0.5, 0.6) is 5.75 Å². The summed E-state index contributed by atoms with van der Waals surface area (Å²) < 4.78 is 5.50. The highest BCUT2D eigenvalue weighted by Gasteiger charge is 2.17. The lowest BCUT2D eigenvalue weighted by molar-refractivity contribution is -0.384. The number of benzene rings is 1. The molecule has 0 saturated heterocycles. The summed E-state index contributed by atoms with van der Waals surface area (Å²) in [6.45, 7) is 2.52. The number of para-hydroxylation sites is 1. The summed E-state index contributed by atoms with van der Waals surface area (Å²) >= 11 is 0. The number of ether oxygens (including phenoxy) is 1. The van der Waals surface area contributed by atoms with Gasteiger partial charge in [0.25, 0.3) is 0 Å². The molecule has 0 amide bonds. The summed E-state index contributed by atoms with van der Waals surface area (Å²) in [5.74, 6) is 1.03. The highest BCUT2D eigenvalue weighted by molar-refractivity contribution is 5.59. The van der Waals surface area contributed by atoms with E-state index in [1.165, 1.54) is 0 Å². The van der Waals surface area contributed by atoms with E-state index in [4.69, 9.17) is 4.74 Å². The maximum atomic E-state index is 11.0. The van der Waals surface area contributed by atoms with E-state index in [1.54, 1.807) is 19.2 Å². The van der Waals surface area contributed by atoms with Crippen LogP contribution in [0.3, 0.4) is 0 Å². The Labute approximate surface area is 116 Å². The van der Waals surface area contributed by atoms with Crippen molar-refractivity contribution in [2.45, 2.75) is 6.92 Å². The van der Waals surface area contributed by atoms with Crippen molar-refractivity contribution in [3.63, 3.8) is 0 Å². The van der Waals surface area contributed by atoms with Crippen LogP contribution >= 0.6 is 0 Å². The van der Waals surface area contributed by atoms with E-state index in [9.17, 15) is 10.1 Å². The summed E-state index contributed by atoms with van der Waals surface area (Å²) in [5.41, 5.74) is 0.587. The van der Waals surface area contributed by atoms with Gasteiger partial charge in [-0.1, -0.05) is 18.2 Å². The number of hydrogen-bond acceptors (Lipinski definition) is 5. The number of aryl methyl sites for hydroxylation is 1. The minimum absolute atomic E-state index is 0.00668. The third kappa shape index (κ3) is 3.44. The second kappa shape index (κ2) is 6.51. The van der Waals surface area contributed by atoms with Crippen LogP contribution in [0, 0.1) is 17.0 Å². The molecule has 6 heteroatoms. The van der Waals surface area contributed by atoms with Crippen molar-refractivity contribution >= 4 is 11.5 Å².